The fraction of sp³-hybridized carbons (Fsp3) is 0.588. The van der Waals surface area contributed by atoms with Crippen LogP contribution >= 0.6 is 0 Å². The van der Waals surface area contributed by atoms with Crippen LogP contribution in [0, 0.1) is 5.41 Å². The Morgan fingerprint density at radius 2 is 1.95 bits per heavy atom. The maximum atomic E-state index is 12.1. The first-order valence-corrected chi connectivity index (χ1v) is 7.50. The maximum absolute atomic E-state index is 12.1. The van der Waals surface area contributed by atoms with Crippen molar-refractivity contribution in [1.29, 1.82) is 0 Å². The van der Waals surface area contributed by atoms with Gasteiger partial charge in [-0.3, -0.25) is 4.79 Å². The summed E-state index contributed by atoms with van der Waals surface area (Å²) in [5.41, 5.74) is 7.09. The third kappa shape index (κ3) is 3.40. The lowest BCUT2D eigenvalue weighted by molar-refractivity contribution is -0.124. The van der Waals surface area contributed by atoms with E-state index >= 15 is 0 Å². The van der Waals surface area contributed by atoms with Gasteiger partial charge in [-0.15, -0.1) is 0 Å². The second-order valence-electron chi connectivity index (χ2n) is 6.76. The van der Waals surface area contributed by atoms with Crippen LogP contribution in [0.4, 0.5) is 0 Å². The van der Waals surface area contributed by atoms with Crippen LogP contribution in [0.3, 0.4) is 0 Å². The lowest BCUT2D eigenvalue weighted by atomic mass is 9.66. The molecule has 1 aromatic carbocycles. The summed E-state index contributed by atoms with van der Waals surface area (Å²) < 4.78 is 0. The molecule has 20 heavy (non-hydrogen) atoms. The topological polar surface area (TPSA) is 55.1 Å². The number of nitrogens with two attached hydrogens (primary N) is 1. The van der Waals surface area contributed by atoms with Gasteiger partial charge in [0.2, 0.25) is 5.91 Å². The first kappa shape index (κ1) is 15.0. The van der Waals surface area contributed by atoms with E-state index in [1.807, 2.05) is 18.2 Å². The van der Waals surface area contributed by atoms with E-state index in [1.165, 1.54) is 12.0 Å². The molecule has 3 nitrogen and oxygen atoms in total. The van der Waals surface area contributed by atoms with Crippen molar-refractivity contribution in [2.75, 3.05) is 13.1 Å². The van der Waals surface area contributed by atoms with Crippen molar-refractivity contribution < 1.29 is 4.79 Å². The van der Waals surface area contributed by atoms with Crippen LogP contribution in [0.2, 0.25) is 0 Å². The van der Waals surface area contributed by atoms with Gasteiger partial charge in [0.15, 0.2) is 0 Å². The zero-order valence-corrected chi connectivity index (χ0v) is 12.6. The van der Waals surface area contributed by atoms with Crippen LogP contribution in [0.1, 0.15) is 45.1 Å². The monoisotopic (exact) mass is 274 g/mol. The van der Waals surface area contributed by atoms with Crippen LogP contribution in [0.15, 0.2) is 30.3 Å². The molecule has 0 spiro atoms. The number of carbonyl (C=O) groups excluding carboxylic acids is 1. The molecule has 0 unspecified atom stereocenters. The predicted octanol–water partition coefficient (Wildman–Crippen LogP) is 2.60. The van der Waals surface area contributed by atoms with E-state index in [-0.39, 0.29) is 16.7 Å². The summed E-state index contributed by atoms with van der Waals surface area (Å²) in [7, 11) is 0. The molecule has 1 saturated carbocycles. The molecule has 1 amide bonds. The lowest BCUT2D eigenvalue weighted by Crippen LogP contribution is -2.44. The van der Waals surface area contributed by atoms with E-state index in [2.05, 4.69) is 31.3 Å². The summed E-state index contributed by atoms with van der Waals surface area (Å²) in [5, 5.41) is 3.09. The van der Waals surface area contributed by atoms with Gasteiger partial charge in [0.1, 0.15) is 0 Å². The molecule has 1 aromatic rings. The standard InChI is InChI=1S/C17H26N2O/c1-16(2,14-7-4-3-5-8-14)13-19-15(20)11-17(12-18)9-6-10-17/h3-5,7-8H,6,9-13,18H2,1-2H3,(H,19,20). The molecular formula is C17H26N2O. The summed E-state index contributed by atoms with van der Waals surface area (Å²) in [4.78, 5) is 12.1. The molecule has 2 rings (SSSR count). The number of nitrogens with one attached hydrogen (secondary N) is 1. The van der Waals surface area contributed by atoms with Crippen molar-refractivity contribution in [3.63, 3.8) is 0 Å². The Hall–Kier alpha value is -1.35. The second kappa shape index (κ2) is 5.96. The first-order valence-electron chi connectivity index (χ1n) is 7.50. The molecule has 0 bridgehead atoms. The van der Waals surface area contributed by atoms with E-state index in [1.54, 1.807) is 0 Å². The minimum Gasteiger partial charge on any atom is -0.355 e. The quantitative estimate of drug-likeness (QED) is 0.837. The highest BCUT2D eigenvalue weighted by molar-refractivity contribution is 5.77. The van der Waals surface area contributed by atoms with Gasteiger partial charge in [0.05, 0.1) is 0 Å². The highest BCUT2D eigenvalue weighted by Crippen LogP contribution is 2.42. The number of hydrogen-bond acceptors (Lipinski definition) is 2. The van der Waals surface area contributed by atoms with E-state index in [0.717, 1.165) is 12.8 Å². The summed E-state index contributed by atoms with van der Waals surface area (Å²) in [5.74, 6) is 0.138. The Morgan fingerprint density at radius 1 is 1.30 bits per heavy atom. The van der Waals surface area contributed by atoms with Gasteiger partial charge in [-0.05, 0) is 30.4 Å². The second-order valence-corrected chi connectivity index (χ2v) is 6.76. The average molecular weight is 274 g/mol. The molecule has 1 fully saturated rings. The first-order chi connectivity index (χ1) is 9.47. The highest BCUT2D eigenvalue weighted by Gasteiger charge is 2.37. The smallest absolute Gasteiger partial charge is 0.220 e. The van der Waals surface area contributed by atoms with E-state index < -0.39 is 0 Å². The van der Waals surface area contributed by atoms with Crippen LogP contribution in [0.5, 0.6) is 0 Å². The molecule has 0 heterocycles. The summed E-state index contributed by atoms with van der Waals surface area (Å²) in [6, 6.07) is 10.3. The Labute approximate surface area is 121 Å². The van der Waals surface area contributed by atoms with Crippen LogP contribution in [-0.4, -0.2) is 19.0 Å². The SMILES string of the molecule is CC(C)(CNC(=O)CC1(CN)CCC1)c1ccccc1. The summed E-state index contributed by atoms with van der Waals surface area (Å²) in [6.45, 7) is 5.61. The molecule has 1 aliphatic rings. The molecule has 3 heteroatoms. The van der Waals surface area contributed by atoms with Crippen molar-refractivity contribution in [1.82, 2.24) is 5.32 Å². The Bertz CT molecular complexity index is 444. The van der Waals surface area contributed by atoms with Gasteiger partial charge in [-0.25, -0.2) is 0 Å². The van der Waals surface area contributed by atoms with Gasteiger partial charge < -0.3 is 11.1 Å². The Kier molecular flexibility index (Phi) is 4.48. The Balaban J connectivity index is 1.87. The van der Waals surface area contributed by atoms with E-state index in [9.17, 15) is 4.79 Å². The molecule has 0 atom stereocenters. The summed E-state index contributed by atoms with van der Waals surface area (Å²) in [6.07, 6.45) is 3.98. The third-order valence-electron chi connectivity index (χ3n) is 4.67. The number of rotatable bonds is 6. The third-order valence-corrected chi connectivity index (χ3v) is 4.67. The summed E-state index contributed by atoms with van der Waals surface area (Å²) >= 11 is 0. The molecule has 3 N–H and O–H groups in total. The molecule has 0 saturated heterocycles. The molecule has 1 aliphatic carbocycles. The van der Waals surface area contributed by atoms with Crippen LogP contribution in [0.25, 0.3) is 0 Å². The van der Waals surface area contributed by atoms with Gasteiger partial charge >= 0.3 is 0 Å². The van der Waals surface area contributed by atoms with Gasteiger partial charge in [-0.2, -0.15) is 0 Å². The van der Waals surface area contributed by atoms with Crippen molar-refractivity contribution in [2.24, 2.45) is 11.1 Å². The normalized spacial score (nSPS) is 17.4. The molecular weight excluding hydrogens is 248 g/mol. The van der Waals surface area contributed by atoms with Crippen molar-refractivity contribution >= 4 is 5.91 Å². The minimum atomic E-state index is -0.0492. The Morgan fingerprint density at radius 3 is 2.45 bits per heavy atom. The van der Waals surface area contributed by atoms with Crippen molar-refractivity contribution in [2.45, 2.75) is 44.9 Å². The fourth-order valence-electron chi connectivity index (χ4n) is 2.84. The lowest BCUT2D eigenvalue weighted by Gasteiger charge is -2.40. The van der Waals surface area contributed by atoms with E-state index in [4.69, 9.17) is 5.73 Å². The molecule has 0 aliphatic heterocycles. The van der Waals surface area contributed by atoms with Gasteiger partial charge in [0.25, 0.3) is 0 Å². The zero-order chi connectivity index (χ0) is 14.6. The van der Waals surface area contributed by atoms with Crippen LogP contribution in [-0.2, 0) is 10.2 Å². The fourth-order valence-corrected chi connectivity index (χ4v) is 2.84. The molecule has 0 aromatic heterocycles. The number of carbonyl (C=O) groups is 1. The van der Waals surface area contributed by atoms with Crippen molar-refractivity contribution in [3.8, 4) is 0 Å². The molecule has 0 radical (unpaired) electrons. The molecule has 110 valence electrons. The number of amides is 1. The van der Waals surface area contributed by atoms with Crippen LogP contribution < -0.4 is 11.1 Å². The average Bonchev–Trinajstić information content (AvgIpc) is 2.42. The largest absolute Gasteiger partial charge is 0.355 e. The van der Waals surface area contributed by atoms with Gasteiger partial charge in [-0.1, -0.05) is 50.6 Å². The maximum Gasteiger partial charge on any atom is 0.220 e. The minimum absolute atomic E-state index is 0.0492. The number of hydrogen-bond donors (Lipinski definition) is 2. The zero-order valence-electron chi connectivity index (χ0n) is 12.6. The highest BCUT2D eigenvalue weighted by atomic mass is 16.1. The number of benzene rings is 1. The van der Waals surface area contributed by atoms with Crippen molar-refractivity contribution in [3.05, 3.63) is 35.9 Å². The predicted molar refractivity (Wildman–Crippen MR) is 82.4 cm³/mol. The van der Waals surface area contributed by atoms with Gasteiger partial charge in [0, 0.05) is 18.4 Å². The van der Waals surface area contributed by atoms with E-state index in [0.29, 0.717) is 19.5 Å².